The predicted molar refractivity (Wildman–Crippen MR) is 305 cm³/mol. The molecule has 10 aromatic carbocycles. The molecule has 0 saturated heterocycles. The van der Waals surface area contributed by atoms with E-state index in [1.165, 1.54) is 0 Å². The molecular formula is C67H37N9. The van der Waals surface area contributed by atoms with Gasteiger partial charge < -0.3 is 9.13 Å². The molecule has 0 bridgehead atoms. The summed E-state index contributed by atoms with van der Waals surface area (Å²) in [6.45, 7) is 23.6. The van der Waals surface area contributed by atoms with Gasteiger partial charge >= 0.3 is 0 Å². The lowest BCUT2D eigenvalue weighted by molar-refractivity contribution is 1.07. The van der Waals surface area contributed by atoms with Crippen LogP contribution in [0.2, 0.25) is 0 Å². The summed E-state index contributed by atoms with van der Waals surface area (Å²) in [6, 6.07) is 77.2. The van der Waals surface area contributed by atoms with Crippen molar-refractivity contribution < 1.29 is 0 Å². The second kappa shape index (κ2) is 18.4. The Balaban J connectivity index is 1.08. The number of nitrogens with zero attached hydrogens (tertiary/aromatic N) is 9. The fourth-order valence-electron chi connectivity index (χ4n) is 10.6. The molecule has 0 atom stereocenters. The van der Waals surface area contributed by atoms with Crippen molar-refractivity contribution >= 4 is 60.7 Å². The zero-order valence-corrected chi connectivity index (χ0v) is 40.4. The Bertz CT molecular complexity index is 4630. The van der Waals surface area contributed by atoms with Crippen molar-refractivity contribution in [1.29, 1.82) is 5.26 Å². The van der Waals surface area contributed by atoms with E-state index in [0.29, 0.717) is 40.1 Å². The third-order valence-electron chi connectivity index (χ3n) is 14.1. The molecule has 0 radical (unpaired) electrons. The van der Waals surface area contributed by atoms with Gasteiger partial charge in [0.1, 0.15) is 0 Å². The lowest BCUT2D eigenvalue weighted by Gasteiger charge is -2.20. The maximum atomic E-state index is 9.64. The normalized spacial score (nSPS) is 11.1. The van der Waals surface area contributed by atoms with Gasteiger partial charge in [-0.2, -0.15) is 5.26 Å². The van der Waals surface area contributed by atoms with Gasteiger partial charge in [-0.15, -0.1) is 0 Å². The predicted octanol–water partition coefficient (Wildman–Crippen LogP) is 17.6. The van der Waals surface area contributed by atoms with E-state index in [9.17, 15) is 5.26 Å². The molecule has 0 aliphatic rings. The number of nitriles is 1. The SMILES string of the molecule is [C-]#[N+]c1ccc(-c2ccc3c(c2)c2ccccc2n3-c2ccc(-c3nc(-c4ccccc4)nc(-c4ccccc4)n3)cc2-c2ccccc2-n2c3ccccc3c3cc(-c4ccc(C#N)cc4[N+]#[C-])ccc32)c([N+]#[C-])c1. The molecule has 0 aliphatic carbocycles. The second-order valence-electron chi connectivity index (χ2n) is 18.3. The van der Waals surface area contributed by atoms with Gasteiger partial charge in [-0.3, -0.25) is 0 Å². The van der Waals surface area contributed by atoms with Crippen molar-refractivity contribution in [1.82, 2.24) is 24.1 Å². The van der Waals surface area contributed by atoms with Crippen molar-refractivity contribution in [2.45, 2.75) is 0 Å². The maximum absolute atomic E-state index is 9.64. The fraction of sp³-hybridized carbons (Fsp3) is 0. The smallest absolute Gasteiger partial charge is 0.196 e. The highest BCUT2D eigenvalue weighted by molar-refractivity contribution is 6.13. The number of fused-ring (bicyclic) bond motifs is 6. The van der Waals surface area contributed by atoms with Crippen LogP contribution >= 0.6 is 0 Å². The van der Waals surface area contributed by atoms with E-state index in [2.05, 4.69) is 157 Å². The Morgan fingerprint density at radius 3 is 1.38 bits per heavy atom. The van der Waals surface area contributed by atoms with Crippen molar-refractivity contribution in [3.63, 3.8) is 0 Å². The van der Waals surface area contributed by atoms with Crippen LogP contribution < -0.4 is 0 Å². The molecule has 9 nitrogen and oxygen atoms in total. The van der Waals surface area contributed by atoms with Crippen LogP contribution in [0.1, 0.15) is 5.56 Å². The van der Waals surface area contributed by atoms with Gasteiger partial charge in [0, 0.05) is 54.9 Å². The molecule has 0 amide bonds. The van der Waals surface area contributed by atoms with Crippen LogP contribution in [0.3, 0.4) is 0 Å². The van der Waals surface area contributed by atoms with E-state index in [-0.39, 0.29) is 0 Å². The van der Waals surface area contributed by atoms with E-state index in [4.69, 9.17) is 34.7 Å². The third-order valence-corrected chi connectivity index (χ3v) is 14.1. The Morgan fingerprint density at radius 2 is 0.816 bits per heavy atom. The zero-order valence-electron chi connectivity index (χ0n) is 40.4. The number of rotatable bonds is 8. The van der Waals surface area contributed by atoms with Crippen LogP contribution in [-0.4, -0.2) is 24.1 Å². The van der Waals surface area contributed by atoms with Crippen molar-refractivity contribution in [3.05, 3.63) is 264 Å². The van der Waals surface area contributed by atoms with Crippen LogP contribution in [0.5, 0.6) is 0 Å². The number of para-hydroxylation sites is 3. The highest BCUT2D eigenvalue weighted by Crippen LogP contribution is 2.45. The molecule has 76 heavy (non-hydrogen) atoms. The fourth-order valence-corrected chi connectivity index (χ4v) is 10.6. The molecular weight excluding hydrogens is 931 g/mol. The number of benzene rings is 10. The van der Waals surface area contributed by atoms with Crippen molar-refractivity contribution in [3.8, 4) is 85.0 Å². The van der Waals surface area contributed by atoms with Crippen LogP contribution in [0.4, 0.5) is 17.1 Å². The van der Waals surface area contributed by atoms with Crippen molar-refractivity contribution in [2.75, 3.05) is 0 Å². The lowest BCUT2D eigenvalue weighted by Crippen LogP contribution is -2.03. The van der Waals surface area contributed by atoms with E-state index >= 15 is 0 Å². The summed E-state index contributed by atoms with van der Waals surface area (Å²) < 4.78 is 4.65. The molecule has 3 heterocycles. The largest absolute Gasteiger partial charge is 0.309 e. The first kappa shape index (κ1) is 44.7. The van der Waals surface area contributed by atoms with Gasteiger partial charge in [-0.1, -0.05) is 152 Å². The van der Waals surface area contributed by atoms with Crippen LogP contribution in [0.15, 0.2) is 224 Å². The van der Waals surface area contributed by atoms with Gasteiger partial charge in [0.25, 0.3) is 0 Å². The van der Waals surface area contributed by atoms with Gasteiger partial charge in [0.15, 0.2) is 34.5 Å². The van der Waals surface area contributed by atoms with E-state index in [1.807, 2.05) is 72.8 Å². The molecule has 0 fully saturated rings. The summed E-state index contributed by atoms with van der Waals surface area (Å²) in [5, 5.41) is 13.8. The molecule has 350 valence electrons. The second-order valence-corrected chi connectivity index (χ2v) is 18.3. The van der Waals surface area contributed by atoms with Crippen LogP contribution in [0.25, 0.3) is 137 Å². The number of aromatic nitrogens is 5. The minimum atomic E-state index is 0.425. The van der Waals surface area contributed by atoms with Gasteiger partial charge in [0.2, 0.25) is 0 Å². The summed E-state index contributed by atoms with van der Waals surface area (Å²) in [5.41, 5.74) is 15.3. The Labute approximate surface area is 437 Å². The van der Waals surface area contributed by atoms with E-state index in [0.717, 1.165) is 105 Å². The maximum Gasteiger partial charge on any atom is 0.196 e. The Hall–Kier alpha value is -11.2. The first-order chi connectivity index (χ1) is 37.5. The van der Waals surface area contributed by atoms with Gasteiger partial charge in [0.05, 0.1) is 59.2 Å². The Morgan fingerprint density at radius 1 is 0.342 bits per heavy atom. The number of hydrogen-bond donors (Lipinski definition) is 0. The molecule has 0 saturated carbocycles. The summed E-state index contributed by atoms with van der Waals surface area (Å²) in [6.07, 6.45) is 0. The first-order valence-corrected chi connectivity index (χ1v) is 24.5. The standard InChI is InChI=1S/C67H37N9/c1-69-48-30-32-50(58(40-48)71-3)46-28-34-63-55(38-46)52-21-11-15-25-61(52)76(63)64-35-29-47(67-73-65(43-16-6-4-7-17-43)72-66(74-67)44-18-8-5-9-19-44)39-56(64)53-22-12-14-24-60(53)75-59-23-13-10-20-51(59)54-37-45(27-33-62(54)75)49-31-26-42(41-68)36-57(49)70-2/h4-40H. The Kier molecular flexibility index (Phi) is 10.8. The molecule has 13 rings (SSSR count). The molecule has 0 unspecified atom stereocenters. The van der Waals surface area contributed by atoms with Crippen LogP contribution in [-0.2, 0) is 0 Å². The number of hydrogen-bond acceptors (Lipinski definition) is 4. The topological polar surface area (TPSA) is 85.4 Å². The van der Waals surface area contributed by atoms with Crippen molar-refractivity contribution in [2.24, 2.45) is 0 Å². The summed E-state index contributed by atoms with van der Waals surface area (Å²) in [4.78, 5) is 26.7. The minimum absolute atomic E-state index is 0.425. The molecule has 13 aromatic rings. The molecule has 0 aliphatic heterocycles. The van der Waals surface area contributed by atoms with E-state index in [1.54, 1.807) is 24.3 Å². The average Bonchev–Trinajstić information content (AvgIpc) is 4.10. The third kappa shape index (κ3) is 7.49. The van der Waals surface area contributed by atoms with Crippen LogP contribution in [0, 0.1) is 31.0 Å². The first-order valence-electron chi connectivity index (χ1n) is 24.5. The highest BCUT2D eigenvalue weighted by atomic mass is 15.0. The monoisotopic (exact) mass is 967 g/mol. The molecule has 3 aromatic heterocycles. The molecule has 0 spiro atoms. The quantitative estimate of drug-likeness (QED) is 0.142. The summed E-state index contributed by atoms with van der Waals surface area (Å²) in [5.74, 6) is 1.65. The molecule has 0 N–H and O–H groups in total. The average molecular weight is 968 g/mol. The van der Waals surface area contributed by atoms with Gasteiger partial charge in [-0.25, -0.2) is 29.5 Å². The van der Waals surface area contributed by atoms with Gasteiger partial charge in [-0.05, 0) is 95.1 Å². The minimum Gasteiger partial charge on any atom is -0.309 e. The summed E-state index contributed by atoms with van der Waals surface area (Å²) >= 11 is 0. The zero-order chi connectivity index (χ0) is 51.3. The molecule has 9 heteroatoms. The lowest BCUT2D eigenvalue weighted by atomic mass is 9.97. The van der Waals surface area contributed by atoms with E-state index < -0.39 is 0 Å². The summed E-state index contributed by atoms with van der Waals surface area (Å²) in [7, 11) is 0. The highest BCUT2D eigenvalue weighted by Gasteiger charge is 2.23.